The zero-order chi connectivity index (χ0) is 33.6. The second kappa shape index (κ2) is 12.0. The smallest absolute Gasteiger partial charge is 0.416 e. The van der Waals surface area contributed by atoms with Crippen molar-refractivity contribution < 1.29 is 58.6 Å². The number of amides is 2. The van der Waals surface area contributed by atoms with Crippen LogP contribution in [0.15, 0.2) is 36.4 Å². The van der Waals surface area contributed by atoms with Crippen LogP contribution in [-0.2, 0) is 34.5 Å². The van der Waals surface area contributed by atoms with Crippen LogP contribution in [0.2, 0.25) is 0 Å². The molecule has 44 heavy (non-hydrogen) atoms. The van der Waals surface area contributed by atoms with Crippen molar-refractivity contribution in [2.24, 2.45) is 5.92 Å². The molecule has 2 amide bonds. The van der Waals surface area contributed by atoms with E-state index in [-0.39, 0.29) is 23.7 Å². The van der Waals surface area contributed by atoms with Gasteiger partial charge < -0.3 is 9.47 Å². The molecule has 2 aromatic rings. The number of ether oxygens (including phenoxy) is 2. The molecule has 15 heteroatoms. The van der Waals surface area contributed by atoms with E-state index in [1.807, 2.05) is 0 Å². The van der Waals surface area contributed by atoms with Crippen LogP contribution in [0.25, 0.3) is 0 Å². The van der Waals surface area contributed by atoms with E-state index < -0.39 is 83.1 Å². The van der Waals surface area contributed by atoms with Crippen LogP contribution >= 0.6 is 0 Å². The fourth-order valence-electron chi connectivity index (χ4n) is 4.99. The Balaban J connectivity index is 2.27. The summed E-state index contributed by atoms with van der Waals surface area (Å²) in [5, 5.41) is 0. The highest BCUT2D eigenvalue weighted by atomic mass is 19.4. The van der Waals surface area contributed by atoms with Crippen molar-refractivity contribution in [1.29, 1.82) is 0 Å². The second-order valence-electron chi connectivity index (χ2n) is 11.7. The molecule has 1 aliphatic heterocycles. The maximum absolute atomic E-state index is 13.8. The fourth-order valence-corrected chi connectivity index (χ4v) is 4.99. The van der Waals surface area contributed by atoms with Crippen LogP contribution in [0.3, 0.4) is 0 Å². The number of halogens is 9. The van der Waals surface area contributed by atoms with Gasteiger partial charge in [0.25, 0.3) is 0 Å². The van der Waals surface area contributed by atoms with Crippen molar-refractivity contribution in [2.75, 3.05) is 12.0 Å². The van der Waals surface area contributed by atoms with Crippen LogP contribution in [0.5, 0.6) is 0 Å². The summed E-state index contributed by atoms with van der Waals surface area (Å²) in [6.07, 6.45) is -17.6. The molecule has 0 bridgehead atoms. The predicted molar refractivity (Wildman–Crippen MR) is 141 cm³/mol. The number of hydrogen-bond donors (Lipinski definition) is 0. The predicted octanol–water partition coefficient (Wildman–Crippen LogP) is 9.22. The number of anilines is 1. The summed E-state index contributed by atoms with van der Waals surface area (Å²) in [6.45, 7) is 7.24. The van der Waals surface area contributed by atoms with Gasteiger partial charge in [-0.1, -0.05) is 13.8 Å². The van der Waals surface area contributed by atoms with Crippen LogP contribution in [0.1, 0.15) is 74.9 Å². The van der Waals surface area contributed by atoms with Crippen molar-refractivity contribution in [3.8, 4) is 0 Å². The van der Waals surface area contributed by atoms with E-state index in [9.17, 15) is 49.1 Å². The molecule has 0 spiro atoms. The van der Waals surface area contributed by atoms with Gasteiger partial charge in [0, 0.05) is 12.6 Å². The third kappa shape index (κ3) is 7.89. The summed E-state index contributed by atoms with van der Waals surface area (Å²) in [7, 11) is 0.908. The van der Waals surface area contributed by atoms with E-state index in [0.29, 0.717) is 18.2 Å². The fraction of sp³-hybridized carbons (Fsp3) is 0.517. The average Bonchev–Trinajstić information content (AvgIpc) is 2.87. The average molecular weight is 643 g/mol. The normalized spacial score (nSPS) is 17.8. The third-order valence-corrected chi connectivity index (χ3v) is 6.92. The monoisotopic (exact) mass is 642 g/mol. The zero-order valence-corrected chi connectivity index (χ0v) is 24.5. The molecule has 3 rings (SSSR count). The molecule has 1 heterocycles. The Morgan fingerprint density at radius 2 is 1.39 bits per heavy atom. The molecule has 6 nitrogen and oxygen atoms in total. The maximum atomic E-state index is 13.8. The van der Waals surface area contributed by atoms with E-state index >= 15 is 0 Å². The van der Waals surface area contributed by atoms with Gasteiger partial charge in [0.1, 0.15) is 5.60 Å². The van der Waals surface area contributed by atoms with Gasteiger partial charge in [-0.2, -0.15) is 39.5 Å². The van der Waals surface area contributed by atoms with Gasteiger partial charge in [0.15, 0.2) is 0 Å². The maximum Gasteiger partial charge on any atom is 0.416 e. The first-order chi connectivity index (χ1) is 19.9. The third-order valence-electron chi connectivity index (χ3n) is 6.92. The minimum absolute atomic E-state index is 0.0730. The quantitative estimate of drug-likeness (QED) is 0.312. The minimum Gasteiger partial charge on any atom is -0.453 e. The minimum atomic E-state index is -5.18. The highest BCUT2D eigenvalue weighted by Gasteiger charge is 2.45. The number of methoxy groups -OCH3 is 1. The number of hydrogen-bond acceptors (Lipinski definition) is 4. The topological polar surface area (TPSA) is 59.1 Å². The second-order valence-corrected chi connectivity index (χ2v) is 11.7. The van der Waals surface area contributed by atoms with Crippen LogP contribution in [0, 0.1) is 5.92 Å². The molecule has 0 radical (unpaired) electrons. The lowest BCUT2D eigenvalue weighted by Crippen LogP contribution is -2.52. The standard InChI is InChI=1S/C29H31F9N2O4/c1-15(2)22-13-23(20-12-17(27(30,31)32)7-8-21(20)40(22)25(42)44-26(3,4)5)39(24(41)43-6)14-16-9-18(28(33,34)35)11-19(10-16)29(36,37)38/h7-12,15,22-23H,13-14H2,1-6H3. The molecular weight excluding hydrogens is 611 g/mol. The van der Waals surface area contributed by atoms with E-state index in [2.05, 4.69) is 0 Å². The van der Waals surface area contributed by atoms with E-state index in [1.54, 1.807) is 34.6 Å². The Labute approximate surface area is 247 Å². The highest BCUT2D eigenvalue weighted by Crippen LogP contribution is 2.46. The molecule has 0 fully saturated rings. The first kappa shape index (κ1) is 34.8. The Morgan fingerprint density at radius 3 is 1.82 bits per heavy atom. The van der Waals surface area contributed by atoms with Crippen LogP contribution in [-0.4, -0.2) is 35.8 Å². The summed E-state index contributed by atoms with van der Waals surface area (Å²) in [4.78, 5) is 28.4. The lowest BCUT2D eigenvalue weighted by Gasteiger charge is -2.45. The molecule has 1 aliphatic rings. The largest absolute Gasteiger partial charge is 0.453 e. The molecule has 0 aromatic heterocycles. The molecule has 0 N–H and O–H groups in total. The first-order valence-corrected chi connectivity index (χ1v) is 13.3. The van der Waals surface area contributed by atoms with Gasteiger partial charge in [-0.05, 0) is 80.6 Å². The van der Waals surface area contributed by atoms with Crippen molar-refractivity contribution in [2.45, 2.75) is 83.8 Å². The summed E-state index contributed by atoms with van der Waals surface area (Å²) >= 11 is 0. The Morgan fingerprint density at radius 1 is 0.864 bits per heavy atom. The van der Waals surface area contributed by atoms with E-state index in [4.69, 9.17) is 9.47 Å². The Kier molecular flexibility index (Phi) is 9.53. The number of benzene rings is 2. The molecule has 0 aliphatic carbocycles. The first-order valence-electron chi connectivity index (χ1n) is 13.3. The number of alkyl halides is 9. The molecule has 2 unspecified atom stereocenters. The molecule has 2 aromatic carbocycles. The molecule has 2 atom stereocenters. The van der Waals surface area contributed by atoms with Gasteiger partial charge in [-0.25, -0.2) is 9.59 Å². The molecule has 0 saturated carbocycles. The molecular formula is C29H31F9N2O4. The summed E-state index contributed by atoms with van der Waals surface area (Å²) in [5.41, 5.74) is -6.32. The molecule has 244 valence electrons. The van der Waals surface area contributed by atoms with Crippen molar-refractivity contribution in [3.63, 3.8) is 0 Å². The van der Waals surface area contributed by atoms with Crippen molar-refractivity contribution in [3.05, 3.63) is 64.2 Å². The van der Waals surface area contributed by atoms with Crippen molar-refractivity contribution in [1.82, 2.24) is 4.90 Å². The van der Waals surface area contributed by atoms with E-state index in [1.165, 1.54) is 0 Å². The van der Waals surface area contributed by atoms with Crippen molar-refractivity contribution >= 4 is 17.9 Å². The summed E-state index contributed by atoms with van der Waals surface area (Å²) in [5.74, 6) is -0.398. The number of carbonyl (C=O) groups is 2. The lowest BCUT2D eigenvalue weighted by atomic mass is 9.84. The Hall–Kier alpha value is -3.65. The lowest BCUT2D eigenvalue weighted by molar-refractivity contribution is -0.143. The number of rotatable bonds is 4. The highest BCUT2D eigenvalue weighted by molar-refractivity contribution is 5.91. The van der Waals surface area contributed by atoms with Gasteiger partial charge in [0.2, 0.25) is 0 Å². The van der Waals surface area contributed by atoms with E-state index in [0.717, 1.165) is 29.0 Å². The van der Waals surface area contributed by atoms with Gasteiger partial charge in [0.05, 0.1) is 35.5 Å². The summed E-state index contributed by atoms with van der Waals surface area (Å²) < 4.78 is 133. The Bertz CT molecular complexity index is 1350. The number of nitrogens with zero attached hydrogens (tertiary/aromatic N) is 2. The summed E-state index contributed by atoms with van der Waals surface area (Å²) in [6, 6.07) is 1.02. The number of carbonyl (C=O) groups excluding carboxylic acids is 2. The van der Waals surface area contributed by atoms with Crippen LogP contribution in [0.4, 0.5) is 54.8 Å². The van der Waals surface area contributed by atoms with Gasteiger partial charge in [-0.3, -0.25) is 9.80 Å². The SMILES string of the molecule is COC(=O)N(Cc1cc(C(F)(F)F)cc(C(F)(F)F)c1)C1CC(C(C)C)N(C(=O)OC(C)(C)C)c2ccc(C(F)(F)F)cc21. The molecule has 0 saturated heterocycles. The van der Waals surface area contributed by atoms with Gasteiger partial charge >= 0.3 is 30.7 Å². The zero-order valence-electron chi connectivity index (χ0n) is 24.5. The van der Waals surface area contributed by atoms with Crippen LogP contribution < -0.4 is 4.90 Å². The van der Waals surface area contributed by atoms with Gasteiger partial charge in [-0.15, -0.1) is 0 Å². The number of fused-ring (bicyclic) bond motifs is 1.